The second-order valence-electron chi connectivity index (χ2n) is 8.25. The Bertz CT molecular complexity index is 1150. The lowest BCUT2D eigenvalue weighted by Gasteiger charge is -2.40. The number of hydrogen-bond acceptors (Lipinski definition) is 5. The van der Waals surface area contributed by atoms with Crippen LogP contribution in [-0.4, -0.2) is 49.2 Å². The van der Waals surface area contributed by atoms with Crippen molar-refractivity contribution in [3.8, 4) is 11.8 Å². The Morgan fingerprint density at radius 3 is 2.56 bits per heavy atom. The fourth-order valence-electron chi connectivity index (χ4n) is 4.31. The third kappa shape index (κ3) is 4.30. The van der Waals surface area contributed by atoms with Crippen LogP contribution in [0.2, 0.25) is 5.02 Å². The molecule has 0 unspecified atom stereocenters. The molecular formula is C23H20ClF4N3O3. The van der Waals surface area contributed by atoms with Crippen molar-refractivity contribution in [2.45, 2.75) is 30.6 Å². The number of likely N-dealkylation sites (tertiary alicyclic amines) is 1. The van der Waals surface area contributed by atoms with Gasteiger partial charge >= 0.3 is 6.18 Å². The SMILES string of the molecule is COc1c(C#N)ccc(C2(F)CCOCC2)c1C(=O)N1CC(c2ncc(C(F)(F)F)cc2Cl)C1. The second-order valence-corrected chi connectivity index (χ2v) is 8.66. The molecule has 0 aliphatic carbocycles. The highest BCUT2D eigenvalue weighted by molar-refractivity contribution is 6.31. The molecule has 34 heavy (non-hydrogen) atoms. The number of nitriles is 1. The number of alkyl halides is 4. The van der Waals surface area contributed by atoms with Crippen LogP contribution in [0.5, 0.6) is 5.75 Å². The number of carbonyl (C=O) groups is 1. The molecule has 6 nitrogen and oxygen atoms in total. The minimum absolute atomic E-state index is 0.0114. The standard InChI is InChI=1S/C23H20ClF4N3O3/c1-33-20-13(9-29)2-3-16(22(25)4-6-34-7-5-22)18(20)21(32)31-11-14(12-31)19-17(24)8-15(10-30-19)23(26,27)28/h2-3,8,10,14H,4-7,11-12H2,1H3. The maximum atomic E-state index is 15.9. The smallest absolute Gasteiger partial charge is 0.417 e. The average Bonchev–Trinajstić information content (AvgIpc) is 2.77. The third-order valence-corrected chi connectivity index (χ3v) is 6.52. The van der Waals surface area contributed by atoms with Gasteiger partial charge in [-0.1, -0.05) is 17.7 Å². The number of halogens is 5. The highest BCUT2D eigenvalue weighted by atomic mass is 35.5. The van der Waals surface area contributed by atoms with Crippen LogP contribution in [0, 0.1) is 11.3 Å². The predicted molar refractivity (Wildman–Crippen MR) is 113 cm³/mol. The predicted octanol–water partition coefficient (Wildman–Crippen LogP) is 4.85. The van der Waals surface area contributed by atoms with Gasteiger partial charge in [-0.15, -0.1) is 0 Å². The monoisotopic (exact) mass is 497 g/mol. The Morgan fingerprint density at radius 2 is 2.00 bits per heavy atom. The molecule has 0 atom stereocenters. The normalized spacial score (nSPS) is 18.2. The maximum absolute atomic E-state index is 15.9. The molecular weight excluding hydrogens is 478 g/mol. The van der Waals surface area contributed by atoms with Crippen LogP contribution in [0.15, 0.2) is 24.4 Å². The molecule has 4 rings (SSSR count). The van der Waals surface area contributed by atoms with E-state index >= 15 is 4.39 Å². The molecule has 0 spiro atoms. The quantitative estimate of drug-likeness (QED) is 0.565. The first-order valence-corrected chi connectivity index (χ1v) is 10.9. The van der Waals surface area contributed by atoms with Crippen molar-refractivity contribution in [1.29, 1.82) is 5.26 Å². The number of nitrogens with zero attached hydrogens (tertiary/aromatic N) is 3. The zero-order valence-electron chi connectivity index (χ0n) is 18.1. The summed E-state index contributed by atoms with van der Waals surface area (Å²) in [6.07, 6.45) is -3.75. The van der Waals surface area contributed by atoms with Crippen molar-refractivity contribution in [1.82, 2.24) is 9.88 Å². The number of rotatable bonds is 4. The molecule has 180 valence electrons. The van der Waals surface area contributed by atoms with Gasteiger partial charge in [0.2, 0.25) is 0 Å². The second kappa shape index (κ2) is 9.04. The van der Waals surface area contributed by atoms with Gasteiger partial charge in [-0.3, -0.25) is 9.78 Å². The molecule has 0 saturated carbocycles. The molecule has 2 aliphatic heterocycles. The minimum atomic E-state index is -4.57. The van der Waals surface area contributed by atoms with E-state index in [1.54, 1.807) is 0 Å². The van der Waals surface area contributed by atoms with E-state index < -0.39 is 23.3 Å². The molecule has 2 aromatic rings. The summed E-state index contributed by atoms with van der Waals surface area (Å²) in [5.41, 5.74) is -2.34. The molecule has 1 aromatic carbocycles. The molecule has 11 heteroatoms. The van der Waals surface area contributed by atoms with Crippen LogP contribution in [0.25, 0.3) is 0 Å². The van der Waals surface area contributed by atoms with Gasteiger partial charge in [0.05, 0.1) is 34.5 Å². The number of benzene rings is 1. The van der Waals surface area contributed by atoms with Crippen molar-refractivity contribution in [3.05, 3.63) is 57.4 Å². The highest BCUT2D eigenvalue weighted by Gasteiger charge is 2.43. The van der Waals surface area contributed by atoms with E-state index in [0.29, 0.717) is 6.20 Å². The maximum Gasteiger partial charge on any atom is 0.417 e. The van der Waals surface area contributed by atoms with E-state index in [1.807, 2.05) is 6.07 Å². The number of amides is 1. The molecule has 0 bridgehead atoms. The van der Waals surface area contributed by atoms with Crippen LogP contribution in [0.4, 0.5) is 17.6 Å². The van der Waals surface area contributed by atoms with Gasteiger partial charge in [0.15, 0.2) is 0 Å². The Balaban J connectivity index is 1.62. The van der Waals surface area contributed by atoms with E-state index in [-0.39, 0.29) is 78.2 Å². The van der Waals surface area contributed by atoms with Crippen LogP contribution in [0.3, 0.4) is 0 Å². The number of methoxy groups -OCH3 is 1. The summed E-state index contributed by atoms with van der Waals surface area (Å²) in [5.74, 6) is -0.927. The minimum Gasteiger partial charge on any atom is -0.495 e. The van der Waals surface area contributed by atoms with Crippen LogP contribution >= 0.6 is 11.6 Å². The summed E-state index contributed by atoms with van der Waals surface area (Å²) in [7, 11) is 1.30. The summed E-state index contributed by atoms with van der Waals surface area (Å²) < 4.78 is 65.1. The first kappa shape index (κ1) is 24.2. The summed E-state index contributed by atoms with van der Waals surface area (Å²) in [6, 6.07) is 5.62. The van der Waals surface area contributed by atoms with Crippen molar-refractivity contribution in [3.63, 3.8) is 0 Å². The van der Waals surface area contributed by atoms with Crippen LogP contribution in [-0.2, 0) is 16.6 Å². The van der Waals surface area contributed by atoms with Crippen molar-refractivity contribution < 1.29 is 31.8 Å². The van der Waals surface area contributed by atoms with E-state index in [1.165, 1.54) is 24.1 Å². The zero-order chi connectivity index (χ0) is 24.7. The lowest BCUT2D eigenvalue weighted by atomic mass is 9.83. The van der Waals surface area contributed by atoms with Gasteiger partial charge < -0.3 is 14.4 Å². The third-order valence-electron chi connectivity index (χ3n) is 6.22. The fourth-order valence-corrected chi connectivity index (χ4v) is 4.63. The number of aromatic nitrogens is 1. The molecule has 2 saturated heterocycles. The lowest BCUT2D eigenvalue weighted by Crippen LogP contribution is -2.49. The van der Waals surface area contributed by atoms with E-state index in [0.717, 1.165) is 6.07 Å². The summed E-state index contributed by atoms with van der Waals surface area (Å²) in [4.78, 5) is 18.7. The number of carbonyl (C=O) groups excluding carboxylic acids is 1. The molecule has 0 radical (unpaired) electrons. The molecule has 0 N–H and O–H groups in total. The van der Waals surface area contributed by atoms with E-state index in [9.17, 15) is 23.2 Å². The number of pyridine rings is 1. The van der Waals surface area contributed by atoms with Crippen LogP contribution in [0.1, 0.15) is 51.5 Å². The average molecular weight is 498 g/mol. The Morgan fingerprint density at radius 1 is 1.32 bits per heavy atom. The van der Waals surface area contributed by atoms with Gasteiger partial charge in [-0.05, 0) is 12.1 Å². The molecule has 1 aromatic heterocycles. The van der Waals surface area contributed by atoms with Crippen molar-refractivity contribution >= 4 is 17.5 Å². The zero-order valence-corrected chi connectivity index (χ0v) is 18.8. The van der Waals surface area contributed by atoms with E-state index in [4.69, 9.17) is 21.1 Å². The number of ether oxygens (including phenoxy) is 2. The Labute approximate surface area is 198 Å². The van der Waals surface area contributed by atoms with Crippen molar-refractivity contribution in [2.75, 3.05) is 33.4 Å². The first-order valence-electron chi connectivity index (χ1n) is 10.5. The van der Waals surface area contributed by atoms with Crippen LogP contribution < -0.4 is 4.74 Å². The fraction of sp³-hybridized carbons (Fsp3) is 0.435. The Hall–Kier alpha value is -2.90. The largest absolute Gasteiger partial charge is 0.495 e. The summed E-state index contributed by atoms with van der Waals surface area (Å²) in [6.45, 7) is 0.629. The summed E-state index contributed by atoms with van der Waals surface area (Å²) in [5, 5.41) is 9.32. The number of hydrogen-bond donors (Lipinski definition) is 0. The molecule has 2 fully saturated rings. The van der Waals surface area contributed by atoms with Gasteiger partial charge in [-0.25, -0.2) is 4.39 Å². The Kier molecular flexibility index (Phi) is 6.44. The van der Waals surface area contributed by atoms with E-state index in [2.05, 4.69) is 4.98 Å². The summed E-state index contributed by atoms with van der Waals surface area (Å²) >= 11 is 6.04. The van der Waals surface area contributed by atoms with Gasteiger partial charge in [0, 0.05) is 56.8 Å². The van der Waals surface area contributed by atoms with Crippen molar-refractivity contribution in [2.24, 2.45) is 0 Å². The van der Waals surface area contributed by atoms with Gasteiger partial charge in [0.1, 0.15) is 17.5 Å². The topological polar surface area (TPSA) is 75.5 Å². The highest BCUT2D eigenvalue weighted by Crippen LogP contribution is 2.43. The first-order chi connectivity index (χ1) is 16.1. The molecule has 3 heterocycles. The molecule has 2 aliphatic rings. The lowest BCUT2D eigenvalue weighted by molar-refractivity contribution is -0.137. The van der Waals surface area contributed by atoms with Gasteiger partial charge in [-0.2, -0.15) is 18.4 Å². The van der Waals surface area contributed by atoms with Gasteiger partial charge in [0.25, 0.3) is 5.91 Å². The molecule has 1 amide bonds.